The highest BCUT2D eigenvalue weighted by molar-refractivity contribution is 6.07. The van der Waals surface area contributed by atoms with E-state index in [-0.39, 0.29) is 24.1 Å². The van der Waals surface area contributed by atoms with Crippen molar-refractivity contribution >= 4 is 44.6 Å². The maximum atomic E-state index is 13.5. The highest BCUT2D eigenvalue weighted by Gasteiger charge is 2.21. The number of aryl methyl sites for hydroxylation is 1. The molecule has 13 heteroatoms. The number of nitrogens with one attached hydrogen (secondary N) is 1. The number of nitrogens with zero attached hydrogens (tertiary/aromatic N) is 7. The van der Waals surface area contributed by atoms with Crippen molar-refractivity contribution in [2.24, 2.45) is 7.05 Å². The van der Waals surface area contributed by atoms with E-state index in [1.807, 2.05) is 40.6 Å². The Morgan fingerprint density at radius 2 is 1.98 bits per heavy atom. The van der Waals surface area contributed by atoms with Crippen LogP contribution in [0.1, 0.15) is 31.2 Å². The first-order chi connectivity index (χ1) is 20.5. The van der Waals surface area contributed by atoms with Gasteiger partial charge in [0.05, 0.1) is 41.1 Å². The highest BCUT2D eigenvalue weighted by atomic mass is 16.5. The fraction of sp³-hybridized carbons (Fsp3) is 0.241. The number of fused-ring (bicyclic) bond motifs is 4. The van der Waals surface area contributed by atoms with E-state index >= 15 is 0 Å². The van der Waals surface area contributed by atoms with Crippen LogP contribution in [0.3, 0.4) is 0 Å². The van der Waals surface area contributed by atoms with Crippen LogP contribution in [-0.2, 0) is 18.3 Å². The number of carbonyl (C=O) groups is 1. The zero-order chi connectivity index (χ0) is 28.8. The zero-order valence-corrected chi connectivity index (χ0v) is 22.6. The smallest absolute Gasteiger partial charge is 0.410 e. The van der Waals surface area contributed by atoms with Crippen molar-refractivity contribution in [1.82, 2.24) is 34.1 Å². The fourth-order valence-corrected chi connectivity index (χ4v) is 5.50. The summed E-state index contributed by atoms with van der Waals surface area (Å²) in [5, 5.41) is 22.5. The summed E-state index contributed by atoms with van der Waals surface area (Å²) < 4.78 is 17.2. The zero-order valence-electron chi connectivity index (χ0n) is 22.6. The van der Waals surface area contributed by atoms with Crippen molar-refractivity contribution in [3.8, 4) is 11.6 Å². The molecule has 0 saturated carbocycles. The van der Waals surface area contributed by atoms with Gasteiger partial charge in [-0.15, -0.1) is 0 Å². The number of ether oxygens (including phenoxy) is 2. The third-order valence-corrected chi connectivity index (χ3v) is 7.46. The maximum Gasteiger partial charge on any atom is 0.410 e. The summed E-state index contributed by atoms with van der Waals surface area (Å²) in [5.41, 5.74) is 2.36. The van der Waals surface area contributed by atoms with Gasteiger partial charge in [0, 0.05) is 36.7 Å². The lowest BCUT2D eigenvalue weighted by molar-refractivity contribution is -0.0366. The maximum absolute atomic E-state index is 13.5. The molecule has 7 rings (SSSR count). The van der Waals surface area contributed by atoms with Gasteiger partial charge >= 0.3 is 6.09 Å². The molecule has 212 valence electrons. The minimum Gasteiger partial charge on any atom is -0.465 e. The number of anilines is 1. The molecule has 0 spiro atoms. The van der Waals surface area contributed by atoms with Crippen molar-refractivity contribution in [3.05, 3.63) is 77.1 Å². The van der Waals surface area contributed by atoms with E-state index in [0.717, 1.165) is 47.7 Å². The molecule has 1 aliphatic rings. The molecule has 1 aliphatic heterocycles. The third-order valence-electron chi connectivity index (χ3n) is 7.46. The van der Waals surface area contributed by atoms with Crippen molar-refractivity contribution in [2.45, 2.75) is 32.0 Å². The Kier molecular flexibility index (Phi) is 6.27. The standard InChI is InChI=1S/C29H26N8O5/c1-35-23-13-18(42-27-21-15-32-37(22(21)10-11-30-27)25-7-2-3-12-41-25)8-9-19(23)20-14-31-36(28(38)26(20)35)16-17-5-4-6-24(33-17)34-29(39)40/h4-6,8-11,13-15,25H,2-3,7,12,16H2,1H3,(H,33,34)(H,39,40). The second kappa shape index (κ2) is 10.3. The molecule has 2 N–H and O–H groups in total. The van der Waals surface area contributed by atoms with Crippen molar-refractivity contribution in [2.75, 3.05) is 11.9 Å². The summed E-state index contributed by atoms with van der Waals surface area (Å²) in [4.78, 5) is 33.2. The van der Waals surface area contributed by atoms with Gasteiger partial charge in [0.15, 0.2) is 6.23 Å². The first-order valence-electron chi connectivity index (χ1n) is 13.5. The minimum absolute atomic E-state index is 0.0784. The number of hydrogen-bond donors (Lipinski definition) is 2. The van der Waals surface area contributed by atoms with Gasteiger partial charge in [0.2, 0.25) is 5.88 Å². The van der Waals surface area contributed by atoms with Crippen LogP contribution in [0.25, 0.3) is 32.7 Å². The molecule has 0 bridgehead atoms. The van der Waals surface area contributed by atoms with Crippen LogP contribution < -0.4 is 15.6 Å². The van der Waals surface area contributed by atoms with E-state index in [0.29, 0.717) is 28.2 Å². The van der Waals surface area contributed by atoms with Crippen LogP contribution in [0.5, 0.6) is 11.6 Å². The summed E-state index contributed by atoms with van der Waals surface area (Å²) in [5.74, 6) is 1.17. The van der Waals surface area contributed by atoms with Crippen LogP contribution in [0.15, 0.2) is 65.8 Å². The molecule has 6 aromatic rings. The predicted octanol–water partition coefficient (Wildman–Crippen LogP) is 4.66. The molecular formula is C29H26N8O5. The van der Waals surface area contributed by atoms with Crippen LogP contribution in [0, 0.1) is 0 Å². The number of pyridine rings is 2. The van der Waals surface area contributed by atoms with Crippen molar-refractivity contribution in [1.29, 1.82) is 0 Å². The van der Waals surface area contributed by atoms with E-state index in [1.54, 1.807) is 30.7 Å². The average Bonchev–Trinajstić information content (AvgIpc) is 3.55. The topological polar surface area (TPSA) is 151 Å². The Hall–Kier alpha value is -5.30. The van der Waals surface area contributed by atoms with E-state index < -0.39 is 6.09 Å². The summed E-state index contributed by atoms with van der Waals surface area (Å²) in [6, 6.07) is 12.4. The number of carboxylic acid groups (broad SMARTS) is 1. The summed E-state index contributed by atoms with van der Waals surface area (Å²) in [6.45, 7) is 0.801. The lowest BCUT2D eigenvalue weighted by Crippen LogP contribution is -2.25. The van der Waals surface area contributed by atoms with E-state index in [2.05, 4.69) is 25.5 Å². The van der Waals surface area contributed by atoms with Gasteiger partial charge in [-0.3, -0.25) is 10.1 Å². The second-order valence-electron chi connectivity index (χ2n) is 10.1. The van der Waals surface area contributed by atoms with Gasteiger partial charge in [-0.1, -0.05) is 6.07 Å². The highest BCUT2D eigenvalue weighted by Crippen LogP contribution is 2.34. The first-order valence-corrected chi connectivity index (χ1v) is 13.5. The lowest BCUT2D eigenvalue weighted by Gasteiger charge is -2.23. The second-order valence-corrected chi connectivity index (χ2v) is 10.1. The van der Waals surface area contributed by atoms with Gasteiger partial charge in [-0.05, 0) is 49.6 Å². The van der Waals surface area contributed by atoms with Crippen LogP contribution in [0.4, 0.5) is 10.6 Å². The molecule has 1 unspecified atom stereocenters. The molecule has 1 saturated heterocycles. The Balaban J connectivity index is 1.21. The van der Waals surface area contributed by atoms with Crippen molar-refractivity contribution in [3.63, 3.8) is 0 Å². The third kappa shape index (κ3) is 4.49. The van der Waals surface area contributed by atoms with Gasteiger partial charge in [-0.25, -0.2) is 24.1 Å². The molecule has 5 aromatic heterocycles. The first kappa shape index (κ1) is 25.7. The van der Waals surface area contributed by atoms with Gasteiger partial charge in [0.25, 0.3) is 5.56 Å². The van der Waals surface area contributed by atoms with E-state index in [4.69, 9.17) is 14.6 Å². The molecule has 42 heavy (non-hydrogen) atoms. The van der Waals surface area contributed by atoms with Gasteiger partial charge < -0.3 is 19.1 Å². The number of hydrogen-bond acceptors (Lipinski definition) is 8. The molecule has 1 fully saturated rings. The number of amides is 1. The lowest BCUT2D eigenvalue weighted by atomic mass is 10.2. The van der Waals surface area contributed by atoms with E-state index in [9.17, 15) is 9.59 Å². The van der Waals surface area contributed by atoms with Gasteiger partial charge in [0.1, 0.15) is 17.1 Å². The molecule has 1 aromatic carbocycles. The van der Waals surface area contributed by atoms with Crippen LogP contribution in [0.2, 0.25) is 0 Å². The molecule has 0 aliphatic carbocycles. The Bertz CT molecular complexity index is 2040. The largest absolute Gasteiger partial charge is 0.465 e. The van der Waals surface area contributed by atoms with Crippen molar-refractivity contribution < 1.29 is 19.4 Å². The number of rotatable bonds is 6. The molecule has 1 amide bonds. The monoisotopic (exact) mass is 566 g/mol. The molecular weight excluding hydrogens is 540 g/mol. The SMILES string of the molecule is Cn1c2cc(Oc3nccc4c3cnn4C3CCCCO3)ccc2c2cnn(Cc3cccc(NC(=O)O)n3)c(=O)c21. The Labute approximate surface area is 237 Å². The molecule has 0 radical (unpaired) electrons. The molecule has 6 heterocycles. The van der Waals surface area contributed by atoms with Crippen LogP contribution in [-0.4, -0.2) is 51.9 Å². The quantitative estimate of drug-likeness (QED) is 0.293. The van der Waals surface area contributed by atoms with E-state index in [1.165, 1.54) is 10.7 Å². The fourth-order valence-electron chi connectivity index (χ4n) is 5.50. The minimum atomic E-state index is -1.22. The normalized spacial score (nSPS) is 15.4. The van der Waals surface area contributed by atoms with Crippen LogP contribution >= 0.6 is 0 Å². The van der Waals surface area contributed by atoms with Gasteiger partial charge in [-0.2, -0.15) is 10.2 Å². The average molecular weight is 567 g/mol. The molecule has 13 nitrogen and oxygen atoms in total. The molecule has 1 atom stereocenters. The Morgan fingerprint density at radius 3 is 2.81 bits per heavy atom. The summed E-state index contributed by atoms with van der Waals surface area (Å²) in [6.07, 6.45) is 6.86. The Morgan fingerprint density at radius 1 is 1.10 bits per heavy atom. The summed E-state index contributed by atoms with van der Waals surface area (Å²) >= 11 is 0. The number of aromatic nitrogens is 7. The summed E-state index contributed by atoms with van der Waals surface area (Å²) in [7, 11) is 1.82. The predicted molar refractivity (Wildman–Crippen MR) is 154 cm³/mol. The number of benzene rings is 1.